The van der Waals surface area contributed by atoms with Gasteiger partial charge in [0.1, 0.15) is 0 Å². The first-order chi connectivity index (χ1) is 10.9. The molecule has 2 aliphatic rings. The van der Waals surface area contributed by atoms with Crippen molar-refractivity contribution in [3.05, 3.63) is 10.9 Å². The quantitative estimate of drug-likeness (QED) is 0.317. The van der Waals surface area contributed by atoms with Crippen molar-refractivity contribution in [2.24, 2.45) is 11.8 Å². The second-order valence-electron chi connectivity index (χ2n) is 7.63. The normalized spacial score (nSPS) is 21.5. The zero-order valence-corrected chi connectivity index (χ0v) is 16.3. The summed E-state index contributed by atoms with van der Waals surface area (Å²) >= 11 is 0. The van der Waals surface area contributed by atoms with Crippen LogP contribution in [0.5, 0.6) is 0 Å². The average Bonchev–Trinajstić information content (AvgIpc) is 2.57. The van der Waals surface area contributed by atoms with Gasteiger partial charge in [0.2, 0.25) is 0 Å². The molecule has 128 valence electrons. The SMILES string of the molecule is CCCCPC(CCC)=C(C1CCCCC1)C1CCCCC1. The molecule has 2 saturated carbocycles. The molecular weight excluding hydrogens is 283 g/mol. The third-order valence-electron chi connectivity index (χ3n) is 5.81. The molecule has 0 aromatic heterocycles. The molecular formula is C21H39P. The molecule has 0 N–H and O–H groups in total. The smallest absolute Gasteiger partial charge is 0.0194 e. The molecule has 0 aromatic carbocycles. The first-order valence-electron chi connectivity index (χ1n) is 10.3. The van der Waals surface area contributed by atoms with Gasteiger partial charge < -0.3 is 0 Å². The van der Waals surface area contributed by atoms with Crippen LogP contribution in [0.2, 0.25) is 0 Å². The molecule has 0 nitrogen and oxygen atoms in total. The predicted octanol–water partition coefficient (Wildman–Crippen LogP) is 7.68. The van der Waals surface area contributed by atoms with E-state index in [0.717, 1.165) is 20.4 Å². The molecule has 2 aliphatic carbocycles. The molecule has 0 heterocycles. The molecule has 0 spiro atoms. The minimum atomic E-state index is 0.979. The van der Waals surface area contributed by atoms with Crippen LogP contribution < -0.4 is 0 Å². The van der Waals surface area contributed by atoms with E-state index in [0.29, 0.717) is 0 Å². The fourth-order valence-corrected chi connectivity index (χ4v) is 6.53. The summed E-state index contributed by atoms with van der Waals surface area (Å²) in [6.45, 7) is 4.74. The van der Waals surface area contributed by atoms with Crippen molar-refractivity contribution >= 4 is 8.58 Å². The largest absolute Gasteiger partial charge is 0.0949 e. The van der Waals surface area contributed by atoms with Crippen molar-refractivity contribution in [2.45, 2.75) is 104 Å². The van der Waals surface area contributed by atoms with Crippen molar-refractivity contribution in [3.63, 3.8) is 0 Å². The van der Waals surface area contributed by atoms with Crippen LogP contribution >= 0.6 is 8.58 Å². The fourth-order valence-electron chi connectivity index (χ4n) is 4.65. The molecule has 2 fully saturated rings. The first-order valence-corrected chi connectivity index (χ1v) is 11.5. The molecule has 1 heteroatoms. The van der Waals surface area contributed by atoms with Gasteiger partial charge in [0.25, 0.3) is 0 Å². The lowest BCUT2D eigenvalue weighted by Crippen LogP contribution is -2.20. The van der Waals surface area contributed by atoms with E-state index in [1.165, 1.54) is 96.1 Å². The van der Waals surface area contributed by atoms with Gasteiger partial charge >= 0.3 is 0 Å². The van der Waals surface area contributed by atoms with E-state index in [-0.39, 0.29) is 0 Å². The summed E-state index contributed by atoms with van der Waals surface area (Å²) in [6, 6.07) is 0. The molecule has 2 rings (SSSR count). The molecule has 0 amide bonds. The lowest BCUT2D eigenvalue weighted by Gasteiger charge is -2.35. The zero-order chi connectivity index (χ0) is 15.6. The zero-order valence-electron chi connectivity index (χ0n) is 15.3. The predicted molar refractivity (Wildman–Crippen MR) is 103 cm³/mol. The Morgan fingerprint density at radius 1 is 0.773 bits per heavy atom. The Morgan fingerprint density at radius 3 is 1.77 bits per heavy atom. The Labute approximate surface area is 141 Å². The van der Waals surface area contributed by atoms with E-state index < -0.39 is 0 Å². The molecule has 0 aliphatic heterocycles. The van der Waals surface area contributed by atoms with E-state index in [4.69, 9.17) is 0 Å². The summed E-state index contributed by atoms with van der Waals surface area (Å²) in [5, 5.41) is 1.95. The monoisotopic (exact) mass is 322 g/mol. The minimum Gasteiger partial charge on any atom is -0.0949 e. The van der Waals surface area contributed by atoms with Crippen LogP contribution in [0.1, 0.15) is 104 Å². The second kappa shape index (κ2) is 10.9. The summed E-state index contributed by atoms with van der Waals surface area (Å²) in [4.78, 5) is 0. The lowest BCUT2D eigenvalue weighted by molar-refractivity contribution is 0.324. The maximum Gasteiger partial charge on any atom is -0.0194 e. The summed E-state index contributed by atoms with van der Waals surface area (Å²) in [7, 11) is 1.15. The highest BCUT2D eigenvalue weighted by Crippen LogP contribution is 2.46. The van der Waals surface area contributed by atoms with Crippen molar-refractivity contribution in [1.82, 2.24) is 0 Å². The number of rotatable bonds is 8. The molecule has 22 heavy (non-hydrogen) atoms. The van der Waals surface area contributed by atoms with E-state index >= 15 is 0 Å². The van der Waals surface area contributed by atoms with Gasteiger partial charge in [-0.1, -0.05) is 79.4 Å². The van der Waals surface area contributed by atoms with Gasteiger partial charge in [0, 0.05) is 0 Å². The standard InChI is InChI=1S/C21H39P/c1-3-5-17-22-20(12-4-2)21(18-13-8-6-9-14-18)19-15-10-7-11-16-19/h18-19,22H,3-17H2,1-2H3. The Bertz CT molecular complexity index is 299. The molecule has 1 unspecified atom stereocenters. The summed E-state index contributed by atoms with van der Waals surface area (Å²) < 4.78 is 0. The first kappa shape index (κ1) is 18.5. The third kappa shape index (κ3) is 5.67. The van der Waals surface area contributed by atoms with E-state index in [9.17, 15) is 0 Å². The van der Waals surface area contributed by atoms with Crippen LogP contribution in [0.15, 0.2) is 10.9 Å². The van der Waals surface area contributed by atoms with Gasteiger partial charge in [-0.2, -0.15) is 0 Å². The average molecular weight is 323 g/mol. The van der Waals surface area contributed by atoms with Crippen LogP contribution in [0.3, 0.4) is 0 Å². The lowest BCUT2D eigenvalue weighted by atomic mass is 9.73. The summed E-state index contributed by atoms with van der Waals surface area (Å²) in [5.74, 6) is 1.96. The number of unbranched alkanes of at least 4 members (excludes halogenated alkanes) is 1. The molecule has 0 aromatic rings. The molecule has 0 saturated heterocycles. The van der Waals surface area contributed by atoms with E-state index in [2.05, 4.69) is 13.8 Å². The minimum absolute atomic E-state index is 0.979. The highest BCUT2D eigenvalue weighted by Gasteiger charge is 2.28. The summed E-state index contributed by atoms with van der Waals surface area (Å²) in [6.07, 6.45) is 22.1. The van der Waals surface area contributed by atoms with Crippen molar-refractivity contribution in [1.29, 1.82) is 0 Å². The third-order valence-corrected chi connectivity index (χ3v) is 7.38. The number of hydrogen-bond donors (Lipinski definition) is 0. The topological polar surface area (TPSA) is 0 Å². The van der Waals surface area contributed by atoms with E-state index in [1.54, 1.807) is 0 Å². The Morgan fingerprint density at radius 2 is 1.32 bits per heavy atom. The maximum absolute atomic E-state index is 2.39. The number of allylic oxidation sites excluding steroid dienone is 2. The van der Waals surface area contributed by atoms with Crippen LogP contribution in [0, 0.1) is 11.8 Å². The van der Waals surface area contributed by atoms with Crippen molar-refractivity contribution < 1.29 is 0 Å². The second-order valence-corrected chi connectivity index (χ2v) is 9.09. The van der Waals surface area contributed by atoms with Gasteiger partial charge in [-0.25, -0.2) is 0 Å². The highest BCUT2D eigenvalue weighted by molar-refractivity contribution is 7.43. The van der Waals surface area contributed by atoms with Crippen LogP contribution in [-0.2, 0) is 0 Å². The summed E-state index contributed by atoms with van der Waals surface area (Å²) in [5.41, 5.74) is 2.02. The maximum atomic E-state index is 2.39. The Balaban J connectivity index is 2.17. The van der Waals surface area contributed by atoms with Gasteiger partial charge in [-0.15, -0.1) is 0 Å². The molecule has 0 bridgehead atoms. The van der Waals surface area contributed by atoms with Gasteiger partial charge in [-0.3, -0.25) is 0 Å². The van der Waals surface area contributed by atoms with Crippen molar-refractivity contribution in [2.75, 3.05) is 6.16 Å². The Hall–Kier alpha value is 0.170. The van der Waals surface area contributed by atoms with Gasteiger partial charge in [0.15, 0.2) is 0 Å². The van der Waals surface area contributed by atoms with Gasteiger partial charge in [0.05, 0.1) is 0 Å². The fraction of sp³-hybridized carbons (Fsp3) is 0.905. The van der Waals surface area contributed by atoms with Crippen LogP contribution in [0.25, 0.3) is 0 Å². The van der Waals surface area contributed by atoms with Gasteiger partial charge in [-0.05, 0) is 61.8 Å². The number of hydrogen-bond acceptors (Lipinski definition) is 0. The molecule has 0 radical (unpaired) electrons. The van der Waals surface area contributed by atoms with E-state index in [1.807, 2.05) is 10.9 Å². The molecule has 1 atom stereocenters. The van der Waals surface area contributed by atoms with Crippen molar-refractivity contribution in [3.8, 4) is 0 Å². The van der Waals surface area contributed by atoms with Crippen LogP contribution in [0.4, 0.5) is 0 Å². The highest BCUT2D eigenvalue weighted by atomic mass is 31.1. The van der Waals surface area contributed by atoms with Crippen LogP contribution in [-0.4, -0.2) is 6.16 Å². The Kier molecular flexibility index (Phi) is 9.13.